The van der Waals surface area contributed by atoms with Crippen molar-refractivity contribution in [1.82, 2.24) is 19.6 Å². The summed E-state index contributed by atoms with van der Waals surface area (Å²) >= 11 is 0. The molecule has 70 heavy (non-hydrogen) atoms. The molecule has 1 aliphatic heterocycles. The number of nitro benzene ring substituents is 2. The smallest absolute Gasteiger partial charge is 0.271 e. The van der Waals surface area contributed by atoms with Crippen LogP contribution in [0.15, 0.2) is 110 Å². The Kier molecular flexibility index (Phi) is 18.9. The van der Waals surface area contributed by atoms with Crippen molar-refractivity contribution in [2.24, 2.45) is 39.7 Å². The topological polar surface area (TPSA) is 280 Å². The Morgan fingerprint density at radius 1 is 0.743 bits per heavy atom. The summed E-state index contributed by atoms with van der Waals surface area (Å²) in [5.74, 6) is 0.0545. The minimum atomic E-state index is -0.595. The Hall–Kier alpha value is -8.05. The Morgan fingerprint density at radius 2 is 1.21 bits per heavy atom. The van der Waals surface area contributed by atoms with E-state index in [0.717, 1.165) is 43.0 Å². The number of non-ortho nitro benzene ring substituents is 2. The van der Waals surface area contributed by atoms with Crippen LogP contribution in [0.3, 0.4) is 0 Å². The van der Waals surface area contributed by atoms with Crippen molar-refractivity contribution in [3.63, 3.8) is 0 Å². The first-order chi connectivity index (χ1) is 32.9. The van der Waals surface area contributed by atoms with Crippen molar-refractivity contribution in [2.75, 3.05) is 25.7 Å². The van der Waals surface area contributed by atoms with Gasteiger partial charge in [0.15, 0.2) is 11.4 Å². The first kappa shape index (κ1) is 54.6. The number of aryl methyl sites for hydroxylation is 4. The number of benzene rings is 4. The number of nitro groups is 2. The number of methoxy groups -OCH3 is 1. The third kappa shape index (κ3) is 12.7. The molecule has 0 saturated carbocycles. The predicted molar refractivity (Wildman–Crippen MR) is 260 cm³/mol. The molecule has 0 atom stereocenters. The summed E-state index contributed by atoms with van der Waals surface area (Å²) in [7, 11) is 6.77. The molecule has 2 aromatic heterocycles. The number of nitrogens with zero attached hydrogens (tertiary/aromatic N) is 13. The molecule has 4 aromatic carbocycles. The van der Waals surface area contributed by atoms with Gasteiger partial charge in [-0.15, -0.1) is 20.5 Å². The van der Waals surface area contributed by atoms with Gasteiger partial charge in [0.2, 0.25) is 23.2 Å². The van der Waals surface area contributed by atoms with Crippen LogP contribution in [0.25, 0.3) is 0 Å². The minimum Gasteiger partial charge on any atom is -0.506 e. The van der Waals surface area contributed by atoms with Gasteiger partial charge >= 0.3 is 0 Å². The van der Waals surface area contributed by atoms with Crippen molar-refractivity contribution in [3.05, 3.63) is 122 Å². The zero-order valence-corrected chi connectivity index (χ0v) is 41.2. The molecule has 22 nitrogen and oxygen atoms in total. The van der Waals surface area contributed by atoms with Crippen LogP contribution < -0.4 is 9.75 Å². The molecule has 6 aromatic rings. The second-order valence-electron chi connectivity index (χ2n) is 16.0. The number of para-hydroxylation sites is 1. The zero-order chi connectivity index (χ0) is 50.6. The van der Waals surface area contributed by atoms with Gasteiger partial charge in [-0.05, 0) is 70.0 Å². The third-order valence-electron chi connectivity index (χ3n) is 10.9. The van der Waals surface area contributed by atoms with Crippen LogP contribution in [0.5, 0.6) is 29.0 Å². The molecule has 0 spiro atoms. The molecular weight excluding hydrogens is 950 g/mol. The number of aromatic nitrogens is 4. The van der Waals surface area contributed by atoms with E-state index in [0.29, 0.717) is 24.2 Å². The molecule has 1 aliphatic rings. The van der Waals surface area contributed by atoms with Crippen molar-refractivity contribution in [3.8, 4) is 29.0 Å². The van der Waals surface area contributed by atoms with Crippen molar-refractivity contribution in [1.29, 1.82) is 0 Å². The Balaban J connectivity index is 0.000000228. The second kappa shape index (κ2) is 24.3. The van der Waals surface area contributed by atoms with Crippen LogP contribution in [0.4, 0.5) is 45.5 Å². The van der Waals surface area contributed by atoms with Crippen LogP contribution in [-0.4, -0.2) is 87.0 Å². The van der Waals surface area contributed by atoms with E-state index in [9.17, 15) is 40.7 Å². The number of phenolic OH excluding ortho intramolecular Hbond substituents is 2. The number of phenols is 2. The predicted octanol–water partition coefficient (Wildman–Crippen LogP) is 10.4. The van der Waals surface area contributed by atoms with Crippen LogP contribution in [0, 0.1) is 20.2 Å². The summed E-state index contributed by atoms with van der Waals surface area (Å²) < 4.78 is 10.1. The standard InChI is InChI=1S/C21H26N3O.2C13H15N5O4.Co/c1-6-24-19-10-8-7-9-18(19)21(2,3)20(24)15-22-23(4)16-11-13-17(25-5)14-12-16;2*1-3-4-9-12(13(20)17(2)16-9)15-14-10-7-8(18(21)22)5-6-11(10)19;/h7-15H,6H2,1-5H3;2*5-7,19-20H,3-4H2,1-2H3;/q+1;;;. The Labute approximate surface area is 414 Å². The Morgan fingerprint density at radius 3 is 1.64 bits per heavy atom. The van der Waals surface area contributed by atoms with Gasteiger partial charge in [0.1, 0.15) is 41.4 Å². The average Bonchev–Trinajstić information content (AvgIpc) is 3.85. The molecule has 7 rings (SSSR count). The SMILES string of the molecule is CCCc1nn(C)c(O)c1N=Nc1cc([N+](=O)[O-])ccc1O.CCCc1nn(C)c(O)c1N=Nc1cc([N+](=O)[O-])ccc1O.CC[N+]1=C(/C=N/N(C)c2ccc(OC)cc2)C(C)(C)c2ccccc21.[Co]. The fourth-order valence-electron chi connectivity index (χ4n) is 7.17. The first-order valence-corrected chi connectivity index (χ1v) is 21.8. The maximum Gasteiger partial charge on any atom is 0.271 e. The van der Waals surface area contributed by atoms with E-state index in [4.69, 9.17) is 9.84 Å². The molecule has 0 unspecified atom stereocenters. The van der Waals surface area contributed by atoms with E-state index in [1.54, 1.807) is 21.2 Å². The number of azo groups is 2. The number of aromatic hydroxyl groups is 4. The van der Waals surface area contributed by atoms with E-state index < -0.39 is 9.85 Å². The number of rotatable bonds is 15. The number of ether oxygens (including phenoxy) is 1. The quantitative estimate of drug-likeness (QED) is 0.0246. The summed E-state index contributed by atoms with van der Waals surface area (Å²) in [6, 6.07) is 23.4. The molecule has 0 saturated heterocycles. The van der Waals surface area contributed by atoms with Crippen LogP contribution >= 0.6 is 0 Å². The monoisotopic (exact) mass is 1010 g/mol. The van der Waals surface area contributed by atoms with Gasteiger partial charge in [-0.25, -0.2) is 9.36 Å². The molecule has 1 radical (unpaired) electrons. The van der Waals surface area contributed by atoms with Crippen molar-refractivity contribution in [2.45, 2.75) is 65.7 Å². The molecule has 0 amide bonds. The molecule has 0 aliphatic carbocycles. The van der Waals surface area contributed by atoms with E-state index in [2.05, 4.69) is 80.3 Å². The number of anilines is 1. The van der Waals surface area contributed by atoms with Crippen molar-refractivity contribution >= 4 is 57.4 Å². The summed E-state index contributed by atoms with van der Waals surface area (Å²) in [6.45, 7) is 11.5. The maximum atomic E-state index is 10.7. The average molecular weight is 1010 g/mol. The normalized spacial score (nSPS) is 12.6. The fraction of sp³-hybridized carbons (Fsp3) is 0.319. The van der Waals surface area contributed by atoms with E-state index >= 15 is 0 Å². The van der Waals surface area contributed by atoms with Gasteiger partial charge in [-0.2, -0.15) is 19.9 Å². The minimum absolute atomic E-state index is 0. The number of hydrazone groups is 1. The van der Waals surface area contributed by atoms with E-state index in [-0.39, 0.29) is 79.6 Å². The fourth-order valence-corrected chi connectivity index (χ4v) is 7.17. The number of hydrogen-bond acceptors (Lipinski definition) is 17. The number of fused-ring (bicyclic) bond motifs is 1. The molecule has 0 fully saturated rings. The Bertz CT molecular complexity index is 2800. The van der Waals surface area contributed by atoms with Gasteiger partial charge in [0.05, 0.1) is 39.4 Å². The van der Waals surface area contributed by atoms with Gasteiger partial charge < -0.3 is 25.2 Å². The second-order valence-corrected chi connectivity index (χ2v) is 16.0. The molecule has 0 bridgehead atoms. The summed E-state index contributed by atoms with van der Waals surface area (Å²) in [4.78, 5) is 20.3. The third-order valence-corrected chi connectivity index (χ3v) is 10.9. The van der Waals surface area contributed by atoms with E-state index in [1.165, 1.54) is 50.6 Å². The maximum absolute atomic E-state index is 10.7. The molecule has 23 heteroatoms. The van der Waals surface area contributed by atoms with Gasteiger partial charge in [0.25, 0.3) is 11.4 Å². The van der Waals surface area contributed by atoms with Crippen LogP contribution in [0.1, 0.15) is 64.4 Å². The summed E-state index contributed by atoms with van der Waals surface area (Å²) in [5.41, 5.74) is 5.79. The van der Waals surface area contributed by atoms with Gasteiger partial charge in [0, 0.05) is 73.8 Å². The molecule has 371 valence electrons. The van der Waals surface area contributed by atoms with Crippen LogP contribution in [-0.2, 0) is 49.1 Å². The molecule has 3 heterocycles. The number of hydrogen-bond donors (Lipinski definition) is 4. The van der Waals surface area contributed by atoms with Gasteiger partial charge in [-0.3, -0.25) is 25.2 Å². The first-order valence-electron chi connectivity index (χ1n) is 21.8. The zero-order valence-electron chi connectivity index (χ0n) is 40.2. The summed E-state index contributed by atoms with van der Waals surface area (Å²) in [5, 5.41) is 90.8. The summed E-state index contributed by atoms with van der Waals surface area (Å²) in [6.07, 6.45) is 4.81. The largest absolute Gasteiger partial charge is 0.506 e. The van der Waals surface area contributed by atoms with E-state index in [1.807, 2.05) is 56.4 Å². The van der Waals surface area contributed by atoms with Gasteiger partial charge in [-0.1, -0.05) is 44.9 Å². The molecule has 4 N–H and O–H groups in total. The van der Waals surface area contributed by atoms with Crippen LogP contribution in [0.2, 0.25) is 0 Å². The van der Waals surface area contributed by atoms with Crippen molar-refractivity contribution < 1.29 is 56.4 Å². The molecular formula is C47H56CoN13O9+.